The number of benzene rings is 1. The Labute approximate surface area is 98.5 Å². The number of fused-ring (bicyclic) bond motifs is 1. The van der Waals surface area contributed by atoms with Crippen LogP contribution in [0.1, 0.15) is 17.4 Å². The predicted molar refractivity (Wildman–Crippen MR) is 60.7 cm³/mol. The molecule has 2 N–H and O–H groups in total. The molecule has 1 unspecified atom stereocenters. The molecule has 0 saturated heterocycles. The van der Waals surface area contributed by atoms with E-state index in [2.05, 4.69) is 4.74 Å². The number of rotatable bonds is 1. The highest BCUT2D eigenvalue weighted by Crippen LogP contribution is 2.35. The van der Waals surface area contributed by atoms with Gasteiger partial charge in [0.15, 0.2) is 17.7 Å². The molecule has 0 saturated carbocycles. The number of carbonyl (C=O) groups is 1. The van der Waals surface area contributed by atoms with E-state index in [1.54, 1.807) is 24.3 Å². The van der Waals surface area contributed by atoms with Crippen molar-refractivity contribution in [2.24, 2.45) is 0 Å². The lowest BCUT2D eigenvalue weighted by Gasteiger charge is -2.32. The van der Waals surface area contributed by atoms with E-state index >= 15 is 0 Å². The maximum absolute atomic E-state index is 11.6. The van der Waals surface area contributed by atoms with Gasteiger partial charge in [0, 0.05) is 18.2 Å². The quantitative estimate of drug-likeness (QED) is 0.711. The van der Waals surface area contributed by atoms with Crippen LogP contribution in [-0.4, -0.2) is 35.2 Å². The van der Waals surface area contributed by atoms with Crippen molar-refractivity contribution in [1.82, 2.24) is 4.90 Å². The zero-order chi connectivity index (χ0) is 12.6. The Morgan fingerprint density at radius 1 is 1.41 bits per heavy atom. The summed E-state index contributed by atoms with van der Waals surface area (Å²) in [4.78, 5) is 12.8. The number of aliphatic hydroxyl groups excluding tert-OH is 2. The summed E-state index contributed by atoms with van der Waals surface area (Å²) in [6.45, 7) is 0. The Bertz CT molecular complexity index is 495. The molecule has 1 atom stereocenters. The van der Waals surface area contributed by atoms with Crippen molar-refractivity contribution < 1.29 is 19.7 Å². The fraction of sp³-hybridized carbons (Fsp3) is 0.250. The number of methoxy groups -OCH3 is 1. The molecule has 0 aliphatic carbocycles. The topological polar surface area (TPSA) is 70.0 Å². The molecule has 5 nitrogen and oxygen atoms in total. The molecule has 0 aromatic heterocycles. The zero-order valence-corrected chi connectivity index (χ0v) is 9.54. The molecule has 1 aliphatic rings. The van der Waals surface area contributed by atoms with E-state index in [0.717, 1.165) is 0 Å². The van der Waals surface area contributed by atoms with Crippen LogP contribution in [0.2, 0.25) is 0 Å². The molecule has 0 fully saturated rings. The summed E-state index contributed by atoms with van der Waals surface area (Å²) in [6.07, 6.45) is -0.976. The SMILES string of the molecule is COC(=O)C1=C(O)c2ccccc2C(O)N1C. The van der Waals surface area contributed by atoms with Crippen LogP contribution in [0.3, 0.4) is 0 Å². The lowest BCUT2D eigenvalue weighted by Crippen LogP contribution is -2.33. The van der Waals surface area contributed by atoms with Gasteiger partial charge in [0.25, 0.3) is 0 Å². The van der Waals surface area contributed by atoms with Crippen molar-refractivity contribution in [2.75, 3.05) is 14.2 Å². The van der Waals surface area contributed by atoms with Gasteiger partial charge in [0.1, 0.15) is 0 Å². The molecule has 1 aliphatic heterocycles. The van der Waals surface area contributed by atoms with Crippen molar-refractivity contribution in [3.63, 3.8) is 0 Å². The molecule has 0 bridgehead atoms. The third-order valence-corrected chi connectivity index (χ3v) is 2.82. The van der Waals surface area contributed by atoms with Crippen molar-refractivity contribution in [2.45, 2.75) is 6.23 Å². The summed E-state index contributed by atoms with van der Waals surface area (Å²) in [5.41, 5.74) is 0.956. The van der Waals surface area contributed by atoms with Gasteiger partial charge in [-0.15, -0.1) is 0 Å². The molecule has 5 heteroatoms. The van der Waals surface area contributed by atoms with Crippen molar-refractivity contribution in [1.29, 1.82) is 0 Å². The molecular weight excluding hydrogens is 222 g/mol. The maximum atomic E-state index is 11.6. The second kappa shape index (κ2) is 4.10. The van der Waals surface area contributed by atoms with Gasteiger partial charge in [0.05, 0.1) is 7.11 Å². The minimum atomic E-state index is -0.976. The summed E-state index contributed by atoms with van der Waals surface area (Å²) in [6, 6.07) is 6.82. The second-order valence-electron chi connectivity index (χ2n) is 3.76. The smallest absolute Gasteiger partial charge is 0.358 e. The number of esters is 1. The highest BCUT2D eigenvalue weighted by molar-refractivity contribution is 5.96. The van der Waals surface area contributed by atoms with E-state index in [4.69, 9.17) is 0 Å². The average Bonchev–Trinajstić information content (AvgIpc) is 2.36. The highest BCUT2D eigenvalue weighted by Gasteiger charge is 2.33. The summed E-state index contributed by atoms with van der Waals surface area (Å²) < 4.78 is 4.58. The van der Waals surface area contributed by atoms with Crippen molar-refractivity contribution in [3.05, 3.63) is 41.1 Å². The molecular formula is C12H13NO4. The minimum absolute atomic E-state index is 0.0429. The van der Waals surface area contributed by atoms with E-state index in [0.29, 0.717) is 11.1 Å². The third-order valence-electron chi connectivity index (χ3n) is 2.82. The van der Waals surface area contributed by atoms with Crippen LogP contribution in [0.5, 0.6) is 0 Å². The van der Waals surface area contributed by atoms with Gasteiger partial charge in [-0.3, -0.25) is 0 Å². The first-order valence-electron chi connectivity index (χ1n) is 5.09. The van der Waals surface area contributed by atoms with Crippen LogP contribution in [0.4, 0.5) is 0 Å². The Morgan fingerprint density at radius 2 is 2.06 bits per heavy atom. The zero-order valence-electron chi connectivity index (χ0n) is 9.54. The van der Waals surface area contributed by atoms with E-state index in [-0.39, 0.29) is 11.5 Å². The van der Waals surface area contributed by atoms with Crippen molar-refractivity contribution in [3.8, 4) is 0 Å². The van der Waals surface area contributed by atoms with Gasteiger partial charge in [-0.25, -0.2) is 4.79 Å². The second-order valence-corrected chi connectivity index (χ2v) is 3.76. The molecule has 0 spiro atoms. The Hall–Kier alpha value is -2.01. The van der Waals surface area contributed by atoms with Crippen LogP contribution >= 0.6 is 0 Å². The first-order valence-corrected chi connectivity index (χ1v) is 5.09. The number of ether oxygens (including phenoxy) is 1. The Morgan fingerprint density at radius 3 is 2.71 bits per heavy atom. The number of nitrogens with zero attached hydrogens (tertiary/aromatic N) is 1. The predicted octanol–water partition coefficient (Wildman–Crippen LogP) is 1.02. The summed E-state index contributed by atoms with van der Waals surface area (Å²) >= 11 is 0. The highest BCUT2D eigenvalue weighted by atomic mass is 16.5. The Balaban J connectivity index is 2.63. The average molecular weight is 235 g/mol. The van der Waals surface area contributed by atoms with Gasteiger partial charge in [0.2, 0.25) is 0 Å². The standard InChI is InChI=1S/C12H13NO4/c1-13-9(12(16)17-2)10(14)7-5-3-4-6-8(7)11(13)15/h3-6,11,14-15H,1-2H3. The van der Waals surface area contributed by atoms with Crippen LogP contribution in [0.15, 0.2) is 30.0 Å². The molecule has 90 valence electrons. The summed E-state index contributed by atoms with van der Waals surface area (Å²) in [7, 11) is 2.74. The fourth-order valence-electron chi connectivity index (χ4n) is 1.90. The number of hydrogen-bond donors (Lipinski definition) is 2. The van der Waals surface area contributed by atoms with E-state index in [9.17, 15) is 15.0 Å². The van der Waals surface area contributed by atoms with Gasteiger partial charge >= 0.3 is 5.97 Å². The van der Waals surface area contributed by atoms with Gasteiger partial charge in [-0.1, -0.05) is 24.3 Å². The number of likely N-dealkylation sites (N-methyl/N-ethyl adjacent to an activating group) is 1. The largest absolute Gasteiger partial charge is 0.505 e. The van der Waals surface area contributed by atoms with Crippen LogP contribution in [-0.2, 0) is 9.53 Å². The molecule has 1 heterocycles. The van der Waals surface area contributed by atoms with E-state index < -0.39 is 12.2 Å². The summed E-state index contributed by atoms with van der Waals surface area (Å²) in [5.74, 6) is -0.862. The normalized spacial score (nSPS) is 19.0. The van der Waals surface area contributed by atoms with E-state index in [1.807, 2.05) is 0 Å². The van der Waals surface area contributed by atoms with Gasteiger partial charge in [-0.05, 0) is 0 Å². The molecule has 17 heavy (non-hydrogen) atoms. The van der Waals surface area contributed by atoms with Crippen molar-refractivity contribution >= 4 is 11.7 Å². The molecule has 0 radical (unpaired) electrons. The monoisotopic (exact) mass is 235 g/mol. The fourth-order valence-corrected chi connectivity index (χ4v) is 1.90. The first kappa shape index (κ1) is 11.5. The van der Waals surface area contributed by atoms with Crippen LogP contribution in [0, 0.1) is 0 Å². The Kier molecular flexibility index (Phi) is 2.77. The molecule has 2 rings (SSSR count). The van der Waals surface area contributed by atoms with E-state index in [1.165, 1.54) is 19.1 Å². The number of carbonyl (C=O) groups excluding carboxylic acids is 1. The van der Waals surface area contributed by atoms with Crippen LogP contribution in [0.25, 0.3) is 5.76 Å². The number of aliphatic hydroxyl groups is 2. The molecule has 1 aromatic rings. The van der Waals surface area contributed by atoms with Gasteiger partial charge < -0.3 is 19.8 Å². The molecule has 1 aromatic carbocycles. The lowest BCUT2D eigenvalue weighted by molar-refractivity contribution is -0.139. The first-order chi connectivity index (χ1) is 8.07. The lowest BCUT2D eigenvalue weighted by atomic mass is 9.98. The third kappa shape index (κ3) is 1.64. The maximum Gasteiger partial charge on any atom is 0.358 e. The summed E-state index contributed by atoms with van der Waals surface area (Å²) in [5, 5.41) is 20.1. The molecule has 0 amide bonds. The van der Waals surface area contributed by atoms with Crippen LogP contribution < -0.4 is 0 Å². The number of hydrogen-bond acceptors (Lipinski definition) is 5. The van der Waals surface area contributed by atoms with Gasteiger partial charge in [-0.2, -0.15) is 0 Å². The minimum Gasteiger partial charge on any atom is -0.505 e.